The van der Waals surface area contributed by atoms with Crippen LogP contribution in [0.25, 0.3) is 0 Å². The van der Waals surface area contributed by atoms with Crippen molar-refractivity contribution >= 4 is 36.8 Å². The van der Waals surface area contributed by atoms with Crippen LogP contribution in [0.3, 0.4) is 0 Å². The Morgan fingerprint density at radius 2 is 1.95 bits per heavy atom. The Morgan fingerprint density at radius 1 is 1.23 bits per heavy atom. The highest BCUT2D eigenvalue weighted by Crippen LogP contribution is 2.11. The monoisotopic (exact) mass is 291 g/mol. The van der Waals surface area contributed by atoms with Crippen molar-refractivity contribution in [1.29, 1.82) is 0 Å². The number of nitrogens with one attached hydrogen (secondary N) is 1. The van der Waals surface area contributed by atoms with Crippen LogP contribution in [0.5, 0.6) is 0 Å². The van der Waals surface area contributed by atoms with Gasteiger partial charge in [0.15, 0.2) is 0 Å². The predicted octanol–water partition coefficient (Wildman–Crippen LogP) is 1.56. The van der Waals surface area contributed by atoms with Crippen LogP contribution in [0.2, 0.25) is 0 Å². The third-order valence-corrected chi connectivity index (χ3v) is 3.08. The highest BCUT2D eigenvalue weighted by molar-refractivity contribution is 6.32. The molecule has 22 heavy (non-hydrogen) atoms. The number of hydrogen-bond acceptors (Lipinski definition) is 3. The molecule has 0 unspecified atom stereocenters. The normalized spacial score (nSPS) is 10.4. The van der Waals surface area contributed by atoms with Gasteiger partial charge in [0.25, 0.3) is 5.91 Å². The molecule has 0 saturated carbocycles. The molecule has 2 aromatic carbocycles. The number of anilines is 2. The van der Waals surface area contributed by atoms with Gasteiger partial charge in [0.2, 0.25) is 0 Å². The average Bonchev–Trinajstić information content (AvgIpc) is 2.53. The lowest BCUT2D eigenvalue weighted by Crippen LogP contribution is -2.17. The summed E-state index contributed by atoms with van der Waals surface area (Å²) in [6.07, 6.45) is 1.46. The Labute approximate surface area is 131 Å². The molecule has 0 aliphatic carbocycles. The molecule has 2 rings (SSSR count). The van der Waals surface area contributed by atoms with E-state index in [1.165, 1.54) is 6.21 Å². The van der Waals surface area contributed by atoms with Gasteiger partial charge in [0.05, 0.1) is 17.5 Å². The number of hydrazone groups is 1. The molecule has 0 spiro atoms. The van der Waals surface area contributed by atoms with Crippen LogP contribution in [-0.4, -0.2) is 27.0 Å². The zero-order chi connectivity index (χ0) is 15.9. The second kappa shape index (κ2) is 7.27. The molecule has 110 valence electrons. The molecule has 1 N–H and O–H groups in total. The second-order valence-electron chi connectivity index (χ2n) is 4.95. The molecule has 2 aromatic rings. The lowest BCUT2D eigenvalue weighted by Gasteiger charge is -2.12. The summed E-state index contributed by atoms with van der Waals surface area (Å²) in [6, 6.07) is 17.3. The number of carbonyl (C=O) groups excluding carboxylic acids is 1. The van der Waals surface area contributed by atoms with Gasteiger partial charge in [0, 0.05) is 12.7 Å². The molecule has 0 aliphatic rings. The largest absolute Gasteiger partial charge is 0.322 e. The van der Waals surface area contributed by atoms with E-state index < -0.39 is 0 Å². The van der Waals surface area contributed by atoms with Crippen molar-refractivity contribution in [3.05, 3.63) is 66.7 Å². The standard InChI is InChI=1S/C17H18BN3O/c1-13(12-19-21(2)16-9-4-3-5-10-16)17(22)20-15-8-6-7-14(18)11-15/h3-12H,1,18H2,2H3,(H,20,22)/b19-12-. The van der Waals surface area contributed by atoms with E-state index in [2.05, 4.69) is 17.0 Å². The summed E-state index contributed by atoms with van der Waals surface area (Å²) in [5.41, 5.74) is 3.06. The zero-order valence-corrected chi connectivity index (χ0v) is 12.8. The number of para-hydroxylation sites is 1. The molecular formula is C17H18BN3O. The fourth-order valence-electron chi connectivity index (χ4n) is 1.86. The Morgan fingerprint density at radius 3 is 2.64 bits per heavy atom. The van der Waals surface area contributed by atoms with Gasteiger partial charge in [0.1, 0.15) is 7.85 Å². The Hall–Kier alpha value is -2.82. The summed E-state index contributed by atoms with van der Waals surface area (Å²) in [5, 5.41) is 8.71. The first-order valence-electron chi connectivity index (χ1n) is 6.96. The van der Waals surface area contributed by atoms with E-state index in [4.69, 9.17) is 0 Å². The first-order valence-corrected chi connectivity index (χ1v) is 6.96. The molecule has 0 aromatic heterocycles. The molecule has 0 saturated heterocycles. The quantitative estimate of drug-likeness (QED) is 0.393. The highest BCUT2D eigenvalue weighted by Gasteiger charge is 2.06. The number of hydrogen-bond donors (Lipinski definition) is 1. The number of rotatable bonds is 5. The average molecular weight is 291 g/mol. The van der Waals surface area contributed by atoms with Gasteiger partial charge in [-0.2, -0.15) is 5.10 Å². The topological polar surface area (TPSA) is 44.7 Å². The summed E-state index contributed by atoms with van der Waals surface area (Å²) < 4.78 is 0. The summed E-state index contributed by atoms with van der Waals surface area (Å²) in [7, 11) is 3.79. The molecule has 5 heteroatoms. The SMILES string of the molecule is Bc1cccc(NC(=O)C(=C)/C=N\N(C)c2ccccc2)c1. The second-order valence-corrected chi connectivity index (χ2v) is 4.95. The number of amides is 1. The van der Waals surface area contributed by atoms with E-state index in [0.29, 0.717) is 5.57 Å². The van der Waals surface area contributed by atoms with E-state index in [-0.39, 0.29) is 5.91 Å². The van der Waals surface area contributed by atoms with Crippen LogP contribution in [0.1, 0.15) is 0 Å². The maximum Gasteiger partial charge on any atom is 0.256 e. The van der Waals surface area contributed by atoms with Crippen molar-refractivity contribution in [2.24, 2.45) is 5.10 Å². The van der Waals surface area contributed by atoms with Crippen LogP contribution < -0.4 is 15.8 Å². The van der Waals surface area contributed by atoms with Crippen molar-refractivity contribution in [2.75, 3.05) is 17.4 Å². The van der Waals surface area contributed by atoms with Crippen LogP contribution in [0, 0.1) is 0 Å². The van der Waals surface area contributed by atoms with Gasteiger partial charge in [-0.1, -0.05) is 42.4 Å². The fraction of sp³-hybridized carbons (Fsp3) is 0.0588. The highest BCUT2D eigenvalue weighted by atomic mass is 16.1. The Kier molecular flexibility index (Phi) is 5.14. The molecule has 0 atom stereocenters. The van der Waals surface area contributed by atoms with Crippen LogP contribution in [0.4, 0.5) is 11.4 Å². The van der Waals surface area contributed by atoms with Crippen molar-refractivity contribution < 1.29 is 4.79 Å². The van der Waals surface area contributed by atoms with Gasteiger partial charge in [-0.05, 0) is 24.3 Å². The zero-order valence-electron chi connectivity index (χ0n) is 12.8. The van der Waals surface area contributed by atoms with Gasteiger partial charge >= 0.3 is 0 Å². The van der Waals surface area contributed by atoms with E-state index in [1.807, 2.05) is 69.5 Å². The van der Waals surface area contributed by atoms with Gasteiger partial charge in [-0.15, -0.1) is 0 Å². The maximum absolute atomic E-state index is 12.1. The minimum absolute atomic E-state index is 0.268. The van der Waals surface area contributed by atoms with Crippen molar-refractivity contribution in [1.82, 2.24) is 0 Å². The Balaban J connectivity index is 1.96. The first-order chi connectivity index (χ1) is 10.6. The van der Waals surface area contributed by atoms with Crippen molar-refractivity contribution in [3.63, 3.8) is 0 Å². The summed E-state index contributed by atoms with van der Waals surface area (Å²) in [5.74, 6) is -0.268. The molecule has 0 radical (unpaired) electrons. The van der Waals surface area contributed by atoms with Crippen LogP contribution >= 0.6 is 0 Å². The number of carbonyl (C=O) groups is 1. The lowest BCUT2D eigenvalue weighted by atomic mass is 9.96. The van der Waals surface area contributed by atoms with Crippen molar-refractivity contribution in [3.8, 4) is 0 Å². The van der Waals surface area contributed by atoms with E-state index in [9.17, 15) is 4.79 Å². The first kappa shape index (κ1) is 15.6. The molecule has 0 fully saturated rings. The molecule has 0 bridgehead atoms. The molecule has 0 aliphatic heterocycles. The molecular weight excluding hydrogens is 273 g/mol. The molecule has 1 amide bonds. The van der Waals surface area contributed by atoms with Gasteiger partial charge < -0.3 is 5.32 Å². The summed E-state index contributed by atoms with van der Waals surface area (Å²) in [4.78, 5) is 12.1. The molecule has 4 nitrogen and oxygen atoms in total. The van der Waals surface area contributed by atoms with Gasteiger partial charge in [-0.25, -0.2) is 0 Å². The maximum atomic E-state index is 12.1. The molecule has 0 heterocycles. The number of nitrogens with zero attached hydrogens (tertiary/aromatic N) is 2. The van der Waals surface area contributed by atoms with Crippen LogP contribution in [0.15, 0.2) is 71.9 Å². The van der Waals surface area contributed by atoms with E-state index >= 15 is 0 Å². The predicted molar refractivity (Wildman–Crippen MR) is 95.7 cm³/mol. The minimum atomic E-state index is -0.268. The van der Waals surface area contributed by atoms with Gasteiger partial charge in [-0.3, -0.25) is 9.80 Å². The lowest BCUT2D eigenvalue weighted by molar-refractivity contribution is -0.112. The summed E-state index contributed by atoms with van der Waals surface area (Å²) in [6.45, 7) is 3.75. The minimum Gasteiger partial charge on any atom is -0.322 e. The Bertz CT molecular complexity index is 698. The van der Waals surface area contributed by atoms with Crippen molar-refractivity contribution in [2.45, 2.75) is 0 Å². The van der Waals surface area contributed by atoms with Crippen LogP contribution in [-0.2, 0) is 4.79 Å². The summed E-state index contributed by atoms with van der Waals surface area (Å²) >= 11 is 0. The third kappa shape index (κ3) is 4.35. The fourth-order valence-corrected chi connectivity index (χ4v) is 1.86. The number of benzene rings is 2. The third-order valence-electron chi connectivity index (χ3n) is 3.08. The smallest absolute Gasteiger partial charge is 0.256 e. The van der Waals surface area contributed by atoms with E-state index in [0.717, 1.165) is 16.8 Å². The van der Waals surface area contributed by atoms with E-state index in [1.54, 1.807) is 5.01 Å².